The summed E-state index contributed by atoms with van der Waals surface area (Å²) < 4.78 is 10.2. The number of ether oxygens (including phenoxy) is 2. The highest BCUT2D eigenvalue weighted by Crippen LogP contribution is 2.27. The number of non-ortho nitro benzene ring substituents is 1. The maximum absolute atomic E-state index is 12.2. The summed E-state index contributed by atoms with van der Waals surface area (Å²) in [6.45, 7) is 1.42. The van der Waals surface area contributed by atoms with Gasteiger partial charge < -0.3 is 14.8 Å². The second kappa shape index (κ2) is 9.52. The second-order valence-corrected chi connectivity index (χ2v) is 6.03. The van der Waals surface area contributed by atoms with Crippen molar-refractivity contribution >= 4 is 40.9 Å². The summed E-state index contributed by atoms with van der Waals surface area (Å²) >= 11 is 5.91. The molecule has 0 fully saturated rings. The predicted molar refractivity (Wildman–Crippen MR) is 104 cm³/mol. The lowest BCUT2D eigenvalue weighted by molar-refractivity contribution is -0.384. The molecule has 1 N–H and O–H groups in total. The van der Waals surface area contributed by atoms with Crippen LogP contribution in [-0.2, 0) is 14.3 Å². The van der Waals surface area contributed by atoms with E-state index < -0.39 is 22.9 Å². The van der Waals surface area contributed by atoms with Gasteiger partial charge in [-0.1, -0.05) is 11.6 Å². The van der Waals surface area contributed by atoms with E-state index in [1.165, 1.54) is 50.4 Å². The Labute approximate surface area is 165 Å². The number of carbonyl (C=O) groups is 2. The number of nitrogens with zero attached hydrogens (tertiary/aromatic N) is 1. The van der Waals surface area contributed by atoms with Crippen LogP contribution in [0.4, 0.5) is 11.4 Å². The van der Waals surface area contributed by atoms with Crippen LogP contribution in [0.1, 0.15) is 12.5 Å². The van der Waals surface area contributed by atoms with E-state index in [0.717, 1.165) is 6.08 Å². The Morgan fingerprint density at radius 3 is 2.50 bits per heavy atom. The molecular formula is C19H17ClN2O6. The molecule has 2 aromatic rings. The van der Waals surface area contributed by atoms with Gasteiger partial charge in [-0.2, -0.15) is 0 Å². The van der Waals surface area contributed by atoms with Crippen LogP contribution in [0.25, 0.3) is 6.08 Å². The maximum Gasteiger partial charge on any atom is 0.331 e. The Morgan fingerprint density at radius 2 is 1.89 bits per heavy atom. The molecule has 0 bridgehead atoms. The number of carbonyl (C=O) groups excluding carboxylic acids is 2. The highest BCUT2D eigenvalue weighted by atomic mass is 35.5. The number of esters is 1. The Hall–Kier alpha value is -3.39. The van der Waals surface area contributed by atoms with Gasteiger partial charge in [-0.25, -0.2) is 4.79 Å². The van der Waals surface area contributed by atoms with Crippen LogP contribution in [0.15, 0.2) is 48.5 Å². The van der Waals surface area contributed by atoms with Gasteiger partial charge in [0.1, 0.15) is 5.75 Å². The molecule has 2 aromatic carbocycles. The van der Waals surface area contributed by atoms with E-state index in [2.05, 4.69) is 5.32 Å². The summed E-state index contributed by atoms with van der Waals surface area (Å²) in [5.74, 6) is -0.883. The molecular weight excluding hydrogens is 388 g/mol. The van der Waals surface area contributed by atoms with Crippen molar-refractivity contribution in [3.05, 3.63) is 69.2 Å². The van der Waals surface area contributed by atoms with Crippen molar-refractivity contribution in [1.29, 1.82) is 0 Å². The average Bonchev–Trinajstić information content (AvgIpc) is 2.66. The molecule has 9 heteroatoms. The number of hydrogen-bond donors (Lipinski definition) is 1. The van der Waals surface area contributed by atoms with Gasteiger partial charge in [0.25, 0.3) is 11.6 Å². The smallest absolute Gasteiger partial charge is 0.331 e. The van der Waals surface area contributed by atoms with Crippen LogP contribution in [0.2, 0.25) is 5.02 Å². The van der Waals surface area contributed by atoms with Crippen LogP contribution in [0, 0.1) is 10.1 Å². The number of hydrogen-bond acceptors (Lipinski definition) is 6. The summed E-state index contributed by atoms with van der Waals surface area (Å²) in [7, 11) is 1.45. The normalized spacial score (nSPS) is 11.7. The lowest BCUT2D eigenvalue weighted by Crippen LogP contribution is -2.29. The Balaban J connectivity index is 1.95. The fraction of sp³-hybridized carbons (Fsp3) is 0.158. The van der Waals surface area contributed by atoms with Gasteiger partial charge in [0, 0.05) is 23.2 Å². The molecule has 0 heterocycles. The Morgan fingerprint density at radius 1 is 1.21 bits per heavy atom. The van der Waals surface area contributed by atoms with Crippen molar-refractivity contribution in [2.45, 2.75) is 13.0 Å². The molecule has 1 atom stereocenters. The Bertz CT molecular complexity index is 911. The zero-order valence-electron chi connectivity index (χ0n) is 15.0. The van der Waals surface area contributed by atoms with Gasteiger partial charge in [-0.15, -0.1) is 0 Å². The minimum Gasteiger partial charge on any atom is -0.495 e. The molecule has 0 aliphatic heterocycles. The molecule has 28 heavy (non-hydrogen) atoms. The topological polar surface area (TPSA) is 108 Å². The molecule has 146 valence electrons. The molecule has 0 saturated carbocycles. The first-order chi connectivity index (χ1) is 13.3. The van der Waals surface area contributed by atoms with Crippen molar-refractivity contribution in [1.82, 2.24) is 0 Å². The first-order valence-electron chi connectivity index (χ1n) is 8.07. The quantitative estimate of drug-likeness (QED) is 0.325. The zero-order valence-corrected chi connectivity index (χ0v) is 15.8. The summed E-state index contributed by atoms with van der Waals surface area (Å²) in [6, 6.07) is 10.3. The van der Waals surface area contributed by atoms with Gasteiger partial charge in [0.05, 0.1) is 17.7 Å². The summed E-state index contributed by atoms with van der Waals surface area (Å²) in [6.07, 6.45) is 1.49. The number of benzene rings is 2. The van der Waals surface area contributed by atoms with Crippen molar-refractivity contribution in [3.8, 4) is 5.75 Å². The number of nitro groups is 1. The molecule has 0 aromatic heterocycles. The van der Waals surface area contributed by atoms with Gasteiger partial charge in [-0.3, -0.25) is 14.9 Å². The van der Waals surface area contributed by atoms with E-state index in [0.29, 0.717) is 22.0 Å². The van der Waals surface area contributed by atoms with E-state index >= 15 is 0 Å². The number of rotatable bonds is 7. The molecule has 0 aliphatic carbocycles. The van der Waals surface area contributed by atoms with E-state index in [-0.39, 0.29) is 5.69 Å². The summed E-state index contributed by atoms with van der Waals surface area (Å²) in [4.78, 5) is 34.2. The third-order valence-corrected chi connectivity index (χ3v) is 3.83. The van der Waals surface area contributed by atoms with E-state index in [1.54, 1.807) is 12.1 Å². The lowest BCUT2D eigenvalue weighted by Gasteiger charge is -2.14. The fourth-order valence-corrected chi connectivity index (χ4v) is 2.32. The van der Waals surface area contributed by atoms with Gasteiger partial charge in [0.2, 0.25) is 0 Å². The lowest BCUT2D eigenvalue weighted by atomic mass is 10.2. The minimum atomic E-state index is -1.07. The average molecular weight is 405 g/mol. The van der Waals surface area contributed by atoms with Gasteiger partial charge in [0.15, 0.2) is 6.10 Å². The summed E-state index contributed by atoms with van der Waals surface area (Å²) in [5, 5.41) is 13.6. The molecule has 0 saturated heterocycles. The standard InChI is InChI=1S/C19H17ClN2O6/c1-12(19(24)21-16-11-14(20)6-9-17(16)27-2)28-18(23)10-5-13-3-7-15(8-4-13)22(25)26/h3-12H,1-2H3,(H,21,24)/b10-5+/t12-/m0/s1. The molecule has 0 radical (unpaired) electrons. The Kier molecular flexibility index (Phi) is 7.11. The van der Waals surface area contributed by atoms with Crippen molar-refractivity contribution in [2.24, 2.45) is 0 Å². The first-order valence-corrected chi connectivity index (χ1v) is 8.45. The molecule has 1 amide bonds. The first kappa shape index (κ1) is 20.9. The van der Waals surface area contributed by atoms with Crippen molar-refractivity contribution in [3.63, 3.8) is 0 Å². The van der Waals surface area contributed by atoms with Crippen molar-refractivity contribution < 1.29 is 24.0 Å². The molecule has 0 aliphatic rings. The highest BCUT2D eigenvalue weighted by molar-refractivity contribution is 6.31. The maximum atomic E-state index is 12.2. The molecule has 2 rings (SSSR count). The van der Waals surface area contributed by atoms with Crippen LogP contribution in [-0.4, -0.2) is 30.0 Å². The summed E-state index contributed by atoms with van der Waals surface area (Å²) in [5.41, 5.74) is 0.870. The number of anilines is 1. The molecule has 0 spiro atoms. The monoisotopic (exact) mass is 404 g/mol. The number of nitro benzene ring substituents is 1. The number of halogens is 1. The van der Waals surface area contributed by atoms with Crippen LogP contribution in [0.3, 0.4) is 0 Å². The van der Waals surface area contributed by atoms with Crippen LogP contribution >= 0.6 is 11.6 Å². The third-order valence-electron chi connectivity index (χ3n) is 3.60. The van der Waals surface area contributed by atoms with Gasteiger partial charge in [-0.05, 0) is 48.9 Å². The second-order valence-electron chi connectivity index (χ2n) is 5.59. The third kappa shape index (κ3) is 5.82. The molecule has 8 nitrogen and oxygen atoms in total. The van der Waals surface area contributed by atoms with Gasteiger partial charge >= 0.3 is 5.97 Å². The van der Waals surface area contributed by atoms with Crippen LogP contribution < -0.4 is 10.1 Å². The number of amides is 1. The SMILES string of the molecule is COc1ccc(Cl)cc1NC(=O)[C@H](C)OC(=O)/C=C/c1ccc([N+](=O)[O-])cc1. The number of methoxy groups -OCH3 is 1. The van der Waals surface area contributed by atoms with Crippen molar-refractivity contribution in [2.75, 3.05) is 12.4 Å². The number of nitrogens with one attached hydrogen (secondary N) is 1. The zero-order chi connectivity index (χ0) is 20.7. The predicted octanol–water partition coefficient (Wildman–Crippen LogP) is 3.84. The van der Waals surface area contributed by atoms with E-state index in [4.69, 9.17) is 21.1 Å². The minimum absolute atomic E-state index is 0.0542. The fourth-order valence-electron chi connectivity index (χ4n) is 2.15. The van der Waals surface area contributed by atoms with E-state index in [9.17, 15) is 19.7 Å². The van der Waals surface area contributed by atoms with Crippen LogP contribution in [0.5, 0.6) is 5.75 Å². The molecule has 0 unspecified atom stereocenters. The largest absolute Gasteiger partial charge is 0.495 e. The van der Waals surface area contributed by atoms with E-state index in [1.807, 2.05) is 0 Å². The highest BCUT2D eigenvalue weighted by Gasteiger charge is 2.18.